The Bertz CT molecular complexity index is 1890. The summed E-state index contributed by atoms with van der Waals surface area (Å²) in [5.74, 6) is -3.35. The SMILES string of the molecule is COc1cc(F)c(-n2c(=O)[nH]c3csc(C(=O)[O-])c3c2=O)cc1OCc1c(F)ccc2scnc12.C[N+](C)(C)CCO. The standard InChI is InChI=1S/C22H13F2N3O6S2.C5H14NO/c1-32-14-4-11(24)13(27-20(28)17-12(26-22(27)31)7-34-19(17)21(29)30)5-15(14)33-6-9-10(23)2-3-16-18(9)25-8-35-16;1-6(2,3)4-5-7/h2-5,7-8H,6H2,1H3,(H,26,31)(H,29,30);7H,4-5H2,1-3H3/q;+1/p-1. The predicted molar refractivity (Wildman–Crippen MR) is 153 cm³/mol. The summed E-state index contributed by atoms with van der Waals surface area (Å²) >= 11 is 2.02. The van der Waals surface area contributed by atoms with Crippen molar-refractivity contribution in [3.05, 3.63) is 78.1 Å². The molecule has 0 aliphatic heterocycles. The van der Waals surface area contributed by atoms with Gasteiger partial charge >= 0.3 is 5.69 Å². The van der Waals surface area contributed by atoms with Crippen LogP contribution in [-0.2, 0) is 6.61 Å². The molecule has 11 nitrogen and oxygen atoms in total. The van der Waals surface area contributed by atoms with Crippen LogP contribution in [-0.4, -0.2) is 71.5 Å². The number of hydrogen-bond donors (Lipinski definition) is 2. The van der Waals surface area contributed by atoms with Gasteiger partial charge in [0.15, 0.2) is 17.3 Å². The molecular weight excluding hydrogens is 594 g/mol. The number of halogens is 2. The van der Waals surface area contributed by atoms with Crippen molar-refractivity contribution in [1.29, 1.82) is 0 Å². The molecule has 15 heteroatoms. The van der Waals surface area contributed by atoms with Crippen molar-refractivity contribution in [2.24, 2.45) is 0 Å². The van der Waals surface area contributed by atoms with Crippen molar-refractivity contribution < 1.29 is 37.7 Å². The topological polar surface area (TPSA) is 147 Å². The number of benzene rings is 2. The van der Waals surface area contributed by atoms with Gasteiger partial charge in [0.1, 0.15) is 19.0 Å². The van der Waals surface area contributed by atoms with E-state index in [0.29, 0.717) is 21.4 Å². The Morgan fingerprint density at radius 1 is 1.14 bits per heavy atom. The predicted octanol–water partition coefficient (Wildman–Crippen LogP) is 2.26. The molecule has 42 heavy (non-hydrogen) atoms. The Kier molecular flexibility index (Phi) is 9.06. The minimum atomic E-state index is -1.61. The largest absolute Gasteiger partial charge is 0.544 e. The number of carboxylic acid groups (broad SMARTS) is 1. The summed E-state index contributed by atoms with van der Waals surface area (Å²) < 4.78 is 42.4. The number of aliphatic hydroxyl groups is 1. The third-order valence-corrected chi connectivity index (χ3v) is 7.76. The normalized spacial score (nSPS) is 11.4. The fraction of sp³-hybridized carbons (Fsp3) is 0.259. The zero-order chi connectivity index (χ0) is 30.8. The molecule has 0 spiro atoms. The lowest BCUT2D eigenvalue weighted by Crippen LogP contribution is -2.36. The number of carboxylic acids is 1. The number of thiazole rings is 1. The van der Waals surface area contributed by atoms with E-state index < -0.39 is 39.4 Å². The molecule has 5 aromatic rings. The van der Waals surface area contributed by atoms with E-state index in [4.69, 9.17) is 14.6 Å². The molecule has 0 aliphatic rings. The average molecular weight is 621 g/mol. The highest BCUT2D eigenvalue weighted by Gasteiger charge is 2.21. The lowest BCUT2D eigenvalue weighted by molar-refractivity contribution is -0.870. The molecule has 0 atom stereocenters. The minimum absolute atomic E-state index is 0.0160. The average Bonchev–Trinajstić information content (AvgIpc) is 3.56. The summed E-state index contributed by atoms with van der Waals surface area (Å²) in [6.45, 7) is 0.807. The number of aliphatic hydroxyl groups excluding tert-OH is 1. The van der Waals surface area contributed by atoms with E-state index in [1.807, 2.05) is 0 Å². The number of rotatable bonds is 8. The van der Waals surface area contributed by atoms with Crippen LogP contribution in [0.25, 0.3) is 26.8 Å². The highest BCUT2D eigenvalue weighted by atomic mass is 32.1. The highest BCUT2D eigenvalue weighted by molar-refractivity contribution is 7.16. The van der Waals surface area contributed by atoms with Gasteiger partial charge in [-0.2, -0.15) is 0 Å². The number of nitrogens with zero attached hydrogens (tertiary/aromatic N) is 3. The van der Waals surface area contributed by atoms with E-state index in [0.717, 1.165) is 27.9 Å². The number of fused-ring (bicyclic) bond motifs is 2. The van der Waals surface area contributed by atoms with Crippen LogP contribution in [0.15, 0.2) is 44.7 Å². The first kappa shape index (κ1) is 30.8. The van der Waals surface area contributed by atoms with Crippen LogP contribution in [0.3, 0.4) is 0 Å². The summed E-state index contributed by atoms with van der Waals surface area (Å²) in [6, 6.07) is 4.80. The van der Waals surface area contributed by atoms with Crippen molar-refractivity contribution >= 4 is 49.8 Å². The number of ether oxygens (including phenoxy) is 2. The maximum absolute atomic E-state index is 15.0. The zero-order valence-corrected chi connectivity index (χ0v) is 24.5. The third-order valence-electron chi connectivity index (χ3n) is 6.00. The lowest BCUT2D eigenvalue weighted by atomic mass is 10.2. The molecular formula is C27H26F2N4O7S2. The number of thiophene rings is 1. The second kappa shape index (κ2) is 12.4. The molecule has 0 saturated heterocycles. The van der Waals surface area contributed by atoms with E-state index in [1.165, 1.54) is 29.9 Å². The zero-order valence-electron chi connectivity index (χ0n) is 22.9. The number of aromatic nitrogens is 3. The van der Waals surface area contributed by atoms with E-state index in [9.17, 15) is 28.3 Å². The molecule has 0 unspecified atom stereocenters. The number of H-pyrrole nitrogens is 1. The maximum Gasteiger partial charge on any atom is 0.333 e. The molecule has 3 aromatic heterocycles. The Balaban J connectivity index is 0.000000517. The van der Waals surface area contributed by atoms with Crippen LogP contribution < -0.4 is 25.8 Å². The molecule has 222 valence electrons. The van der Waals surface area contributed by atoms with Gasteiger partial charge in [-0.3, -0.25) is 4.79 Å². The molecule has 0 fully saturated rings. The Hall–Kier alpha value is -4.18. The van der Waals surface area contributed by atoms with Crippen LogP contribution >= 0.6 is 22.7 Å². The van der Waals surface area contributed by atoms with E-state index in [1.54, 1.807) is 11.6 Å². The molecule has 3 heterocycles. The molecule has 5 rings (SSSR count). The van der Waals surface area contributed by atoms with Crippen LogP contribution in [0.4, 0.5) is 8.78 Å². The maximum atomic E-state index is 15.0. The minimum Gasteiger partial charge on any atom is -0.544 e. The lowest BCUT2D eigenvalue weighted by Gasteiger charge is -2.21. The fourth-order valence-corrected chi connectivity index (χ4v) is 5.45. The number of carbonyl (C=O) groups is 1. The van der Waals surface area contributed by atoms with Gasteiger partial charge in [-0.15, -0.1) is 22.7 Å². The molecule has 0 bridgehead atoms. The second-order valence-corrected chi connectivity index (χ2v) is 11.7. The van der Waals surface area contributed by atoms with E-state index in [2.05, 4.69) is 31.1 Å². The molecule has 0 radical (unpaired) electrons. The molecule has 0 aliphatic carbocycles. The number of quaternary nitrogens is 1. The first-order chi connectivity index (χ1) is 19.9. The Morgan fingerprint density at radius 2 is 1.88 bits per heavy atom. The van der Waals surface area contributed by atoms with E-state index >= 15 is 0 Å². The number of carbonyl (C=O) groups excluding carboxylic acids is 1. The monoisotopic (exact) mass is 620 g/mol. The smallest absolute Gasteiger partial charge is 0.333 e. The van der Waals surface area contributed by atoms with Gasteiger partial charge in [0.25, 0.3) is 5.56 Å². The van der Waals surface area contributed by atoms with Gasteiger partial charge < -0.3 is 33.9 Å². The van der Waals surface area contributed by atoms with Crippen molar-refractivity contribution in [2.45, 2.75) is 6.61 Å². The third kappa shape index (κ3) is 6.33. The summed E-state index contributed by atoms with van der Waals surface area (Å²) in [5.41, 5.74) is -0.471. The van der Waals surface area contributed by atoms with Gasteiger partial charge in [-0.1, -0.05) is 0 Å². The van der Waals surface area contributed by atoms with Crippen molar-refractivity contribution in [2.75, 3.05) is 41.4 Å². The van der Waals surface area contributed by atoms with E-state index in [-0.39, 0.29) is 41.2 Å². The van der Waals surface area contributed by atoms with Crippen LogP contribution in [0.2, 0.25) is 0 Å². The molecule has 2 N–H and O–H groups in total. The molecule has 2 aromatic carbocycles. The second-order valence-electron chi connectivity index (χ2n) is 9.92. The van der Waals surface area contributed by atoms with Crippen molar-refractivity contribution in [3.8, 4) is 17.2 Å². The van der Waals surface area contributed by atoms with Gasteiger partial charge in [-0.25, -0.2) is 23.1 Å². The van der Waals surface area contributed by atoms with Gasteiger partial charge in [0.2, 0.25) is 0 Å². The number of hydrogen-bond acceptors (Lipinski definition) is 10. The van der Waals surface area contributed by atoms with Crippen molar-refractivity contribution in [3.63, 3.8) is 0 Å². The molecule has 0 amide bonds. The number of aromatic amines is 1. The number of nitrogens with one attached hydrogen (secondary N) is 1. The van der Waals surface area contributed by atoms with Gasteiger partial charge in [-0.05, 0) is 12.1 Å². The van der Waals surface area contributed by atoms with Gasteiger partial charge in [0, 0.05) is 17.5 Å². The van der Waals surface area contributed by atoms with Crippen LogP contribution in [0.1, 0.15) is 15.2 Å². The highest BCUT2D eigenvalue weighted by Crippen LogP contribution is 2.33. The summed E-state index contributed by atoms with van der Waals surface area (Å²) in [5, 5.41) is 20.7. The number of likely N-dealkylation sites (N-methyl/N-ethyl adjacent to an activating group) is 1. The number of methoxy groups -OCH3 is 1. The first-order valence-corrected chi connectivity index (χ1v) is 14.0. The van der Waals surface area contributed by atoms with Crippen LogP contribution in [0.5, 0.6) is 11.5 Å². The fourth-order valence-electron chi connectivity index (χ4n) is 3.92. The van der Waals surface area contributed by atoms with Crippen LogP contribution in [0, 0.1) is 11.6 Å². The summed E-state index contributed by atoms with van der Waals surface area (Å²) in [7, 11) is 7.41. The van der Waals surface area contributed by atoms with Gasteiger partial charge in [0.05, 0.1) is 83.6 Å². The Morgan fingerprint density at radius 3 is 2.50 bits per heavy atom. The van der Waals surface area contributed by atoms with Crippen molar-refractivity contribution in [1.82, 2.24) is 14.5 Å². The first-order valence-electron chi connectivity index (χ1n) is 12.3. The Labute approximate surface area is 245 Å². The summed E-state index contributed by atoms with van der Waals surface area (Å²) in [4.78, 5) is 43.2. The number of aromatic carboxylic acids is 1. The molecule has 0 saturated carbocycles. The summed E-state index contributed by atoms with van der Waals surface area (Å²) in [6.07, 6.45) is 0. The quantitative estimate of drug-likeness (QED) is 0.251.